The molecule has 98 valence electrons. The Kier molecular flexibility index (Phi) is 3.97. The van der Waals surface area contributed by atoms with Crippen LogP contribution in [0.1, 0.15) is 23.2 Å². The summed E-state index contributed by atoms with van der Waals surface area (Å²) in [6, 6.07) is 2.26. The van der Waals surface area contributed by atoms with Crippen LogP contribution in [0.2, 0.25) is 0 Å². The number of halogens is 3. The lowest BCUT2D eigenvalue weighted by atomic mass is 10.1. The maximum Gasteiger partial charge on any atom is 0.259 e. The summed E-state index contributed by atoms with van der Waals surface area (Å²) < 4.78 is 27.4. The Hall–Kier alpha value is -1.01. The highest BCUT2D eigenvalue weighted by molar-refractivity contribution is 9.10. The number of hydrogen-bond donors (Lipinski definition) is 1. The number of amides is 1. The van der Waals surface area contributed by atoms with E-state index in [1.54, 1.807) is 0 Å². The molecular formula is C12H12BrF2NO2. The molecule has 1 atom stereocenters. The first-order valence-electron chi connectivity index (χ1n) is 5.61. The lowest BCUT2D eigenvalue weighted by molar-refractivity contribution is 0.0465. The van der Waals surface area contributed by atoms with E-state index in [4.69, 9.17) is 0 Å². The van der Waals surface area contributed by atoms with Crippen LogP contribution in [0, 0.1) is 11.6 Å². The lowest BCUT2D eigenvalue weighted by Gasteiger charge is -2.30. The van der Waals surface area contributed by atoms with Crippen molar-refractivity contribution in [1.29, 1.82) is 0 Å². The minimum absolute atomic E-state index is 0.0461. The van der Waals surface area contributed by atoms with E-state index < -0.39 is 29.2 Å². The number of likely N-dealkylation sites (tertiary alicyclic amines) is 1. The third-order valence-corrected chi connectivity index (χ3v) is 3.55. The van der Waals surface area contributed by atoms with Crippen LogP contribution < -0.4 is 0 Å². The van der Waals surface area contributed by atoms with E-state index in [2.05, 4.69) is 15.9 Å². The van der Waals surface area contributed by atoms with Gasteiger partial charge in [0, 0.05) is 13.1 Å². The molecule has 6 heteroatoms. The largest absolute Gasteiger partial charge is 0.391 e. The molecule has 0 aliphatic carbocycles. The van der Waals surface area contributed by atoms with Gasteiger partial charge in [0.05, 0.1) is 10.6 Å². The van der Waals surface area contributed by atoms with Gasteiger partial charge in [-0.1, -0.05) is 0 Å². The number of aliphatic hydroxyl groups is 1. The molecular weight excluding hydrogens is 308 g/mol. The first kappa shape index (κ1) is 13.4. The van der Waals surface area contributed by atoms with Crippen molar-refractivity contribution in [1.82, 2.24) is 4.90 Å². The number of carbonyl (C=O) groups is 1. The van der Waals surface area contributed by atoms with Crippen molar-refractivity contribution >= 4 is 21.8 Å². The Morgan fingerprint density at radius 2 is 2.17 bits per heavy atom. The summed E-state index contributed by atoms with van der Waals surface area (Å²) in [5, 5.41) is 9.48. The Morgan fingerprint density at radius 1 is 1.44 bits per heavy atom. The quantitative estimate of drug-likeness (QED) is 0.807. The van der Waals surface area contributed by atoms with E-state index in [9.17, 15) is 18.7 Å². The standard InChI is InChI=1S/C12H12BrF2NO2/c13-8-3-4-9(14)10(11(8)15)12(18)16-5-1-2-7(17)6-16/h3-4,7,17H,1-2,5-6H2. The smallest absolute Gasteiger partial charge is 0.259 e. The minimum Gasteiger partial charge on any atom is -0.391 e. The first-order valence-corrected chi connectivity index (χ1v) is 6.41. The number of nitrogens with zero attached hydrogens (tertiary/aromatic N) is 1. The van der Waals surface area contributed by atoms with Crippen molar-refractivity contribution in [3.8, 4) is 0 Å². The predicted molar refractivity (Wildman–Crippen MR) is 65.2 cm³/mol. The fourth-order valence-electron chi connectivity index (χ4n) is 2.02. The zero-order chi connectivity index (χ0) is 13.3. The van der Waals surface area contributed by atoms with Gasteiger partial charge in [-0.15, -0.1) is 0 Å². The number of aliphatic hydroxyl groups excluding tert-OH is 1. The number of β-amino-alcohol motifs (C(OH)–C–C–N with tert-alkyl or cyclic N) is 1. The number of benzene rings is 1. The van der Waals surface area contributed by atoms with Crippen molar-refractivity contribution in [2.45, 2.75) is 18.9 Å². The molecule has 1 N–H and O–H groups in total. The summed E-state index contributed by atoms with van der Waals surface area (Å²) >= 11 is 2.92. The molecule has 1 aliphatic rings. The molecule has 2 rings (SSSR count). The molecule has 1 unspecified atom stereocenters. The van der Waals surface area contributed by atoms with E-state index in [0.717, 1.165) is 6.07 Å². The lowest BCUT2D eigenvalue weighted by Crippen LogP contribution is -2.42. The Morgan fingerprint density at radius 3 is 2.83 bits per heavy atom. The fourth-order valence-corrected chi connectivity index (χ4v) is 2.35. The molecule has 0 spiro atoms. The van der Waals surface area contributed by atoms with Gasteiger partial charge >= 0.3 is 0 Å². The summed E-state index contributed by atoms with van der Waals surface area (Å²) in [6.07, 6.45) is 0.609. The highest BCUT2D eigenvalue weighted by atomic mass is 79.9. The van der Waals surface area contributed by atoms with Crippen LogP contribution in [-0.2, 0) is 0 Å². The highest BCUT2D eigenvalue weighted by Gasteiger charge is 2.28. The van der Waals surface area contributed by atoms with E-state index >= 15 is 0 Å². The Bertz CT molecular complexity index is 481. The van der Waals surface area contributed by atoms with Crippen LogP contribution in [0.5, 0.6) is 0 Å². The highest BCUT2D eigenvalue weighted by Crippen LogP contribution is 2.24. The van der Waals surface area contributed by atoms with Gasteiger partial charge in [-0.3, -0.25) is 4.79 Å². The van der Waals surface area contributed by atoms with Crippen LogP contribution in [0.3, 0.4) is 0 Å². The predicted octanol–water partition coefficient (Wildman–Crippen LogP) is 2.32. The fraction of sp³-hybridized carbons (Fsp3) is 0.417. The van der Waals surface area contributed by atoms with E-state index in [1.165, 1.54) is 11.0 Å². The van der Waals surface area contributed by atoms with Gasteiger partial charge in [0.2, 0.25) is 0 Å². The molecule has 0 radical (unpaired) electrons. The molecule has 1 aromatic rings. The molecule has 0 aromatic heterocycles. The average molecular weight is 320 g/mol. The van der Waals surface area contributed by atoms with Crippen LogP contribution in [-0.4, -0.2) is 35.1 Å². The number of rotatable bonds is 1. The van der Waals surface area contributed by atoms with Gasteiger partial charge in [0.1, 0.15) is 11.4 Å². The van der Waals surface area contributed by atoms with Gasteiger partial charge in [-0.05, 0) is 40.9 Å². The summed E-state index contributed by atoms with van der Waals surface area (Å²) in [5.74, 6) is -2.51. The van der Waals surface area contributed by atoms with E-state index in [0.29, 0.717) is 19.4 Å². The van der Waals surface area contributed by atoms with Gasteiger partial charge in [0.15, 0.2) is 5.82 Å². The van der Waals surface area contributed by atoms with Gasteiger partial charge < -0.3 is 10.0 Å². The molecule has 18 heavy (non-hydrogen) atoms. The molecule has 1 fully saturated rings. The van der Waals surface area contributed by atoms with Crippen LogP contribution >= 0.6 is 15.9 Å². The van der Waals surface area contributed by atoms with Crippen molar-refractivity contribution in [3.63, 3.8) is 0 Å². The Labute approximate surface area is 112 Å². The SMILES string of the molecule is O=C(c1c(F)ccc(Br)c1F)N1CCCC(O)C1. The zero-order valence-electron chi connectivity index (χ0n) is 9.50. The van der Waals surface area contributed by atoms with Gasteiger partial charge in [-0.25, -0.2) is 8.78 Å². The Balaban J connectivity index is 2.31. The molecule has 3 nitrogen and oxygen atoms in total. The third kappa shape index (κ3) is 2.54. The van der Waals surface area contributed by atoms with Gasteiger partial charge in [0.25, 0.3) is 5.91 Å². The van der Waals surface area contributed by atoms with Crippen molar-refractivity contribution in [3.05, 3.63) is 33.8 Å². The first-order chi connectivity index (χ1) is 8.50. The zero-order valence-corrected chi connectivity index (χ0v) is 11.1. The summed E-state index contributed by atoms with van der Waals surface area (Å²) in [6.45, 7) is 0.519. The second-order valence-corrected chi connectivity index (χ2v) is 5.12. The molecule has 1 amide bonds. The minimum atomic E-state index is -0.903. The number of carbonyl (C=O) groups excluding carboxylic acids is 1. The van der Waals surface area contributed by atoms with E-state index in [1.807, 2.05) is 0 Å². The number of hydrogen-bond acceptors (Lipinski definition) is 2. The van der Waals surface area contributed by atoms with Crippen molar-refractivity contribution < 1.29 is 18.7 Å². The maximum atomic E-state index is 13.8. The van der Waals surface area contributed by atoms with Crippen molar-refractivity contribution in [2.24, 2.45) is 0 Å². The molecule has 1 aliphatic heterocycles. The third-order valence-electron chi connectivity index (χ3n) is 2.94. The summed E-state index contributed by atoms with van der Waals surface area (Å²) in [4.78, 5) is 13.3. The topological polar surface area (TPSA) is 40.5 Å². The second kappa shape index (κ2) is 5.32. The molecule has 0 saturated carbocycles. The van der Waals surface area contributed by atoms with Crippen LogP contribution in [0.4, 0.5) is 8.78 Å². The van der Waals surface area contributed by atoms with Gasteiger partial charge in [-0.2, -0.15) is 0 Å². The van der Waals surface area contributed by atoms with Crippen LogP contribution in [0.15, 0.2) is 16.6 Å². The van der Waals surface area contributed by atoms with Crippen molar-refractivity contribution in [2.75, 3.05) is 13.1 Å². The molecule has 1 aromatic carbocycles. The molecule has 1 saturated heterocycles. The maximum absolute atomic E-state index is 13.8. The molecule has 1 heterocycles. The second-order valence-electron chi connectivity index (χ2n) is 4.27. The summed E-state index contributed by atoms with van der Waals surface area (Å²) in [7, 11) is 0. The van der Waals surface area contributed by atoms with Crippen LogP contribution in [0.25, 0.3) is 0 Å². The van der Waals surface area contributed by atoms with E-state index in [-0.39, 0.29) is 11.0 Å². The normalized spacial score (nSPS) is 20.0. The average Bonchev–Trinajstić information content (AvgIpc) is 2.34. The molecule has 0 bridgehead atoms. The summed E-state index contributed by atoms with van der Waals surface area (Å²) in [5.41, 5.74) is -0.571. The number of piperidine rings is 1. The monoisotopic (exact) mass is 319 g/mol.